The lowest BCUT2D eigenvalue weighted by atomic mass is 10.3. The Labute approximate surface area is 89.5 Å². The zero-order valence-electron chi connectivity index (χ0n) is 8.05. The second kappa shape index (κ2) is 4.65. The van der Waals surface area contributed by atoms with Crippen LogP contribution in [0.2, 0.25) is 0 Å². The summed E-state index contributed by atoms with van der Waals surface area (Å²) < 4.78 is 37.5. The molecule has 0 aromatic carbocycles. The van der Waals surface area contributed by atoms with Gasteiger partial charge >= 0.3 is 6.18 Å². The van der Waals surface area contributed by atoms with Crippen molar-refractivity contribution in [2.75, 3.05) is 5.32 Å². The molecule has 0 atom stereocenters. The molecule has 1 rings (SSSR count). The minimum Gasteiger partial charge on any atom is -0.396 e. The zero-order chi connectivity index (χ0) is 12.2. The standard InChI is InChI=1S/C9H9F3N4/c10-9(11,12)8(6(14)5-13)16-7-3-1-2-4-15-7/h1-5,13H,14H2,(H,15,16)/b8-6+,13-5?. The van der Waals surface area contributed by atoms with Gasteiger partial charge in [-0.1, -0.05) is 6.07 Å². The third kappa shape index (κ3) is 2.97. The molecule has 0 unspecified atom stereocenters. The van der Waals surface area contributed by atoms with Crippen LogP contribution in [0, 0.1) is 5.41 Å². The largest absolute Gasteiger partial charge is 0.433 e. The van der Waals surface area contributed by atoms with Crippen molar-refractivity contribution in [3.63, 3.8) is 0 Å². The predicted molar refractivity (Wildman–Crippen MR) is 53.9 cm³/mol. The number of hydrogen-bond acceptors (Lipinski definition) is 4. The van der Waals surface area contributed by atoms with Crippen LogP contribution in [-0.2, 0) is 0 Å². The Balaban J connectivity index is 3.03. The third-order valence-corrected chi connectivity index (χ3v) is 1.65. The quantitative estimate of drug-likeness (QED) is 0.694. The number of aromatic nitrogens is 1. The lowest BCUT2D eigenvalue weighted by Crippen LogP contribution is -2.25. The summed E-state index contributed by atoms with van der Waals surface area (Å²) in [5, 5.41) is 8.75. The van der Waals surface area contributed by atoms with Crippen LogP contribution in [0.1, 0.15) is 0 Å². The van der Waals surface area contributed by atoms with Gasteiger partial charge in [0.25, 0.3) is 0 Å². The molecule has 0 spiro atoms. The molecule has 0 aliphatic heterocycles. The first-order chi connectivity index (χ1) is 7.45. The molecular weight excluding hydrogens is 221 g/mol. The van der Waals surface area contributed by atoms with Crippen LogP contribution in [0.15, 0.2) is 35.8 Å². The first-order valence-corrected chi connectivity index (χ1v) is 4.20. The Morgan fingerprint density at radius 3 is 2.56 bits per heavy atom. The van der Waals surface area contributed by atoms with Crippen molar-refractivity contribution in [2.24, 2.45) is 5.73 Å². The molecule has 4 N–H and O–H groups in total. The Kier molecular flexibility index (Phi) is 3.49. The first-order valence-electron chi connectivity index (χ1n) is 4.20. The summed E-state index contributed by atoms with van der Waals surface area (Å²) >= 11 is 0. The van der Waals surface area contributed by atoms with Crippen LogP contribution >= 0.6 is 0 Å². The average molecular weight is 230 g/mol. The SMILES string of the molecule is N=C/C(N)=C(\Nc1ccccn1)C(F)(F)F. The molecule has 1 aromatic heterocycles. The van der Waals surface area contributed by atoms with Gasteiger partial charge in [0.2, 0.25) is 0 Å². The molecule has 0 aliphatic rings. The second-order valence-electron chi connectivity index (χ2n) is 2.81. The minimum absolute atomic E-state index is 0.0135. The number of alkyl halides is 3. The third-order valence-electron chi connectivity index (χ3n) is 1.65. The van der Waals surface area contributed by atoms with Gasteiger partial charge in [-0.15, -0.1) is 0 Å². The highest BCUT2D eigenvalue weighted by Crippen LogP contribution is 2.27. The van der Waals surface area contributed by atoms with E-state index in [0.717, 1.165) is 0 Å². The molecule has 7 heteroatoms. The van der Waals surface area contributed by atoms with Gasteiger partial charge in [-0.3, -0.25) is 0 Å². The van der Waals surface area contributed by atoms with Gasteiger partial charge in [0, 0.05) is 12.4 Å². The van der Waals surface area contributed by atoms with E-state index in [0.29, 0.717) is 6.21 Å². The Hall–Kier alpha value is -2.05. The smallest absolute Gasteiger partial charge is 0.396 e. The molecule has 0 bridgehead atoms. The van der Waals surface area contributed by atoms with E-state index in [1.165, 1.54) is 18.3 Å². The van der Waals surface area contributed by atoms with Crippen LogP contribution in [0.4, 0.5) is 19.0 Å². The fourth-order valence-corrected chi connectivity index (χ4v) is 0.944. The van der Waals surface area contributed by atoms with E-state index in [-0.39, 0.29) is 5.82 Å². The molecule has 0 fully saturated rings. The average Bonchev–Trinajstić information content (AvgIpc) is 2.25. The minimum atomic E-state index is -4.65. The topological polar surface area (TPSA) is 74.8 Å². The predicted octanol–water partition coefficient (Wildman–Crippen LogP) is 1.88. The molecule has 86 valence electrons. The van der Waals surface area contributed by atoms with E-state index >= 15 is 0 Å². The second-order valence-corrected chi connectivity index (χ2v) is 2.81. The molecule has 0 aliphatic carbocycles. The first kappa shape index (κ1) is 12.0. The lowest BCUT2D eigenvalue weighted by Gasteiger charge is -2.14. The van der Waals surface area contributed by atoms with Crippen molar-refractivity contribution in [2.45, 2.75) is 6.18 Å². The fraction of sp³-hybridized carbons (Fsp3) is 0.111. The maximum absolute atomic E-state index is 12.5. The van der Waals surface area contributed by atoms with Crippen molar-refractivity contribution in [1.29, 1.82) is 5.41 Å². The highest BCUT2D eigenvalue weighted by molar-refractivity contribution is 5.77. The summed E-state index contributed by atoms with van der Waals surface area (Å²) in [6, 6.07) is 4.47. The van der Waals surface area contributed by atoms with Crippen LogP contribution < -0.4 is 11.1 Å². The highest BCUT2D eigenvalue weighted by atomic mass is 19.4. The number of halogens is 3. The van der Waals surface area contributed by atoms with Gasteiger partial charge in [-0.25, -0.2) is 4.98 Å². The monoisotopic (exact) mass is 230 g/mol. The van der Waals surface area contributed by atoms with Gasteiger partial charge in [0.1, 0.15) is 11.5 Å². The van der Waals surface area contributed by atoms with Crippen LogP contribution in [-0.4, -0.2) is 17.4 Å². The molecule has 4 nitrogen and oxygen atoms in total. The summed E-state index contributed by atoms with van der Waals surface area (Å²) in [6.07, 6.45) is -2.88. The summed E-state index contributed by atoms with van der Waals surface area (Å²) in [5.74, 6) is 0.0135. The molecule has 16 heavy (non-hydrogen) atoms. The van der Waals surface area contributed by atoms with E-state index in [9.17, 15) is 13.2 Å². The van der Waals surface area contributed by atoms with E-state index in [2.05, 4.69) is 4.98 Å². The maximum atomic E-state index is 12.5. The lowest BCUT2D eigenvalue weighted by molar-refractivity contribution is -0.0908. The molecule has 0 saturated heterocycles. The number of nitrogens with two attached hydrogens (primary N) is 1. The molecular formula is C9H9F3N4. The number of allylic oxidation sites excluding steroid dienone is 2. The van der Waals surface area contributed by atoms with Crippen molar-refractivity contribution in [1.82, 2.24) is 4.98 Å². The number of nitrogens with zero attached hydrogens (tertiary/aromatic N) is 1. The van der Waals surface area contributed by atoms with Gasteiger partial charge in [-0.2, -0.15) is 13.2 Å². The number of rotatable bonds is 3. The van der Waals surface area contributed by atoms with Gasteiger partial charge in [-0.05, 0) is 12.1 Å². The van der Waals surface area contributed by atoms with Crippen LogP contribution in [0.5, 0.6) is 0 Å². The number of pyridine rings is 1. The molecule has 1 aromatic rings. The molecule has 0 saturated carbocycles. The Morgan fingerprint density at radius 2 is 2.12 bits per heavy atom. The summed E-state index contributed by atoms with van der Waals surface area (Å²) in [6.45, 7) is 0. The summed E-state index contributed by atoms with van der Waals surface area (Å²) in [5.41, 5.74) is 3.19. The molecule has 0 amide bonds. The van der Waals surface area contributed by atoms with Crippen LogP contribution in [0.25, 0.3) is 0 Å². The van der Waals surface area contributed by atoms with Crippen LogP contribution in [0.3, 0.4) is 0 Å². The van der Waals surface area contributed by atoms with E-state index < -0.39 is 17.6 Å². The zero-order valence-corrected chi connectivity index (χ0v) is 8.05. The number of nitrogens with one attached hydrogen (secondary N) is 2. The van der Waals surface area contributed by atoms with Crippen molar-refractivity contribution in [3.05, 3.63) is 35.8 Å². The fourth-order valence-electron chi connectivity index (χ4n) is 0.944. The maximum Gasteiger partial charge on any atom is 0.433 e. The van der Waals surface area contributed by atoms with Crippen molar-refractivity contribution in [3.8, 4) is 0 Å². The van der Waals surface area contributed by atoms with Gasteiger partial charge in [0.15, 0.2) is 0 Å². The van der Waals surface area contributed by atoms with E-state index in [1.54, 1.807) is 6.07 Å². The van der Waals surface area contributed by atoms with Crippen molar-refractivity contribution < 1.29 is 13.2 Å². The highest BCUT2D eigenvalue weighted by Gasteiger charge is 2.36. The molecule has 1 heterocycles. The Bertz CT molecular complexity index is 397. The van der Waals surface area contributed by atoms with Crippen molar-refractivity contribution >= 4 is 12.0 Å². The summed E-state index contributed by atoms with van der Waals surface area (Å²) in [7, 11) is 0. The summed E-state index contributed by atoms with van der Waals surface area (Å²) in [4.78, 5) is 3.67. The van der Waals surface area contributed by atoms with E-state index in [4.69, 9.17) is 11.1 Å². The van der Waals surface area contributed by atoms with Gasteiger partial charge in [0.05, 0.1) is 5.70 Å². The van der Waals surface area contributed by atoms with Gasteiger partial charge < -0.3 is 16.5 Å². The normalized spacial score (nSPS) is 12.9. The Morgan fingerprint density at radius 1 is 1.44 bits per heavy atom. The number of anilines is 1. The number of hydrogen-bond donors (Lipinski definition) is 3. The molecule has 0 radical (unpaired) electrons. The van der Waals surface area contributed by atoms with E-state index in [1.807, 2.05) is 5.32 Å².